The molecule has 10 heteroatoms. The zero-order chi connectivity index (χ0) is 24.6. The Hall–Kier alpha value is -3.14. The van der Waals surface area contributed by atoms with Crippen molar-refractivity contribution in [2.75, 3.05) is 42.7 Å². The molecule has 2 aromatic rings. The third-order valence-electron chi connectivity index (χ3n) is 6.90. The lowest BCUT2D eigenvalue weighted by Gasteiger charge is -2.23. The van der Waals surface area contributed by atoms with Crippen molar-refractivity contribution in [2.45, 2.75) is 70.4 Å². The molecule has 1 unspecified atom stereocenters. The van der Waals surface area contributed by atoms with Crippen molar-refractivity contribution in [1.82, 2.24) is 19.9 Å². The molecule has 2 fully saturated rings. The molecule has 1 atom stereocenters. The molecule has 1 aliphatic heterocycles. The van der Waals surface area contributed by atoms with Crippen LogP contribution in [0.4, 0.5) is 23.5 Å². The van der Waals surface area contributed by atoms with Crippen molar-refractivity contribution in [3.8, 4) is 5.75 Å². The molecule has 1 aromatic carbocycles. The SMILES string of the molecule is CCN1CCCC1CNc1nc(Nc2ccc(OC)c(C(=O)[O-])c2)nc(NC2CCCCCC2)n1. The average Bonchev–Trinajstić information content (AvgIpc) is 3.17. The van der Waals surface area contributed by atoms with Crippen LogP contribution in [-0.4, -0.2) is 64.6 Å². The summed E-state index contributed by atoms with van der Waals surface area (Å²) in [5.74, 6) is 0.281. The molecule has 0 bridgehead atoms. The number of likely N-dealkylation sites (tertiary alicyclic amines) is 1. The predicted molar refractivity (Wildman–Crippen MR) is 134 cm³/mol. The van der Waals surface area contributed by atoms with Gasteiger partial charge >= 0.3 is 0 Å². The van der Waals surface area contributed by atoms with Gasteiger partial charge < -0.3 is 30.6 Å². The first-order chi connectivity index (χ1) is 17.1. The van der Waals surface area contributed by atoms with Crippen LogP contribution in [-0.2, 0) is 0 Å². The molecule has 0 amide bonds. The summed E-state index contributed by atoms with van der Waals surface area (Å²) in [7, 11) is 1.42. The number of methoxy groups -OCH3 is 1. The maximum Gasteiger partial charge on any atom is 0.233 e. The Bertz CT molecular complexity index is 995. The molecular formula is C25H36N7O3-. The van der Waals surface area contributed by atoms with Crippen molar-refractivity contribution in [3.63, 3.8) is 0 Å². The summed E-state index contributed by atoms with van der Waals surface area (Å²) >= 11 is 0. The van der Waals surface area contributed by atoms with E-state index in [9.17, 15) is 9.90 Å². The molecule has 1 aromatic heterocycles. The van der Waals surface area contributed by atoms with Crippen LogP contribution in [0.3, 0.4) is 0 Å². The molecule has 1 saturated carbocycles. The van der Waals surface area contributed by atoms with E-state index in [-0.39, 0.29) is 11.3 Å². The topological polar surface area (TPSA) is 127 Å². The third kappa shape index (κ3) is 6.72. The van der Waals surface area contributed by atoms with Crippen LogP contribution in [0.15, 0.2) is 18.2 Å². The van der Waals surface area contributed by atoms with Gasteiger partial charge in [-0.2, -0.15) is 15.0 Å². The number of nitrogens with zero attached hydrogens (tertiary/aromatic N) is 4. The highest BCUT2D eigenvalue weighted by molar-refractivity contribution is 5.90. The molecule has 0 spiro atoms. The quantitative estimate of drug-likeness (QED) is 0.435. The highest BCUT2D eigenvalue weighted by atomic mass is 16.5. The number of rotatable bonds is 10. The van der Waals surface area contributed by atoms with Crippen molar-refractivity contribution in [3.05, 3.63) is 23.8 Å². The lowest BCUT2D eigenvalue weighted by molar-refractivity contribution is -0.255. The molecule has 2 aliphatic rings. The Morgan fingerprint density at radius 3 is 2.51 bits per heavy atom. The number of likely N-dealkylation sites (N-methyl/N-ethyl adjacent to an activating group) is 1. The van der Waals surface area contributed by atoms with Gasteiger partial charge in [-0.05, 0) is 57.0 Å². The zero-order valence-electron chi connectivity index (χ0n) is 20.7. The van der Waals surface area contributed by atoms with Gasteiger partial charge in [0.25, 0.3) is 0 Å². The molecule has 2 heterocycles. The molecule has 1 saturated heterocycles. The number of hydrogen-bond acceptors (Lipinski definition) is 10. The zero-order valence-corrected chi connectivity index (χ0v) is 20.7. The molecule has 0 radical (unpaired) electrons. The fraction of sp³-hybridized carbons (Fsp3) is 0.600. The summed E-state index contributed by atoms with van der Waals surface area (Å²) in [6.07, 6.45) is 9.48. The summed E-state index contributed by atoms with van der Waals surface area (Å²) in [5.41, 5.74) is 0.484. The number of carboxylic acids is 1. The standard InChI is InChI=1S/C25H37N7O3/c1-3-32-14-8-11-19(32)16-26-23-29-24(27-17-9-6-4-5-7-10-17)31-25(30-23)28-18-12-13-21(35-2)20(15-18)22(33)34/h12-13,15,17,19H,3-11,14,16H2,1-2H3,(H,33,34)(H3,26,27,28,29,30,31)/p-1. The van der Waals surface area contributed by atoms with Gasteiger partial charge in [-0.25, -0.2) is 0 Å². The van der Waals surface area contributed by atoms with Crippen molar-refractivity contribution in [2.24, 2.45) is 0 Å². The molecule has 190 valence electrons. The number of carboxylic acid groups (broad SMARTS) is 1. The Morgan fingerprint density at radius 1 is 1.06 bits per heavy atom. The van der Waals surface area contributed by atoms with E-state index in [0.29, 0.717) is 35.6 Å². The van der Waals surface area contributed by atoms with Crippen LogP contribution in [0.5, 0.6) is 5.75 Å². The number of aromatic carboxylic acids is 1. The minimum absolute atomic E-state index is 0.0393. The highest BCUT2D eigenvalue weighted by Gasteiger charge is 2.23. The molecule has 4 rings (SSSR count). The third-order valence-corrected chi connectivity index (χ3v) is 6.90. The van der Waals surface area contributed by atoms with E-state index in [2.05, 4.69) is 42.7 Å². The monoisotopic (exact) mass is 482 g/mol. The van der Waals surface area contributed by atoms with Gasteiger partial charge in [-0.1, -0.05) is 32.6 Å². The molecule has 3 N–H and O–H groups in total. The lowest BCUT2D eigenvalue weighted by atomic mass is 10.1. The predicted octanol–water partition coefficient (Wildman–Crippen LogP) is 3.02. The number of aromatic nitrogens is 3. The lowest BCUT2D eigenvalue weighted by Crippen LogP contribution is -2.35. The second kappa shape index (κ2) is 12.0. The normalized spacial score (nSPS) is 19.2. The van der Waals surface area contributed by atoms with Crippen LogP contribution in [0.25, 0.3) is 0 Å². The number of anilines is 4. The van der Waals surface area contributed by atoms with Gasteiger partial charge in [-0.15, -0.1) is 0 Å². The van der Waals surface area contributed by atoms with Crippen LogP contribution in [0, 0.1) is 0 Å². The summed E-state index contributed by atoms with van der Waals surface area (Å²) in [5, 5.41) is 21.6. The van der Waals surface area contributed by atoms with E-state index in [1.807, 2.05) is 0 Å². The van der Waals surface area contributed by atoms with E-state index in [4.69, 9.17) is 4.74 Å². The smallest absolute Gasteiger partial charge is 0.233 e. The average molecular weight is 483 g/mol. The Balaban J connectivity index is 1.55. The van der Waals surface area contributed by atoms with Crippen molar-refractivity contribution >= 4 is 29.5 Å². The number of carbonyl (C=O) groups is 1. The first-order valence-electron chi connectivity index (χ1n) is 12.7. The fourth-order valence-corrected chi connectivity index (χ4v) is 5.01. The van der Waals surface area contributed by atoms with Gasteiger partial charge in [0.15, 0.2) is 0 Å². The van der Waals surface area contributed by atoms with Gasteiger partial charge in [0.2, 0.25) is 17.8 Å². The number of hydrogen-bond donors (Lipinski definition) is 3. The molecule has 35 heavy (non-hydrogen) atoms. The number of benzene rings is 1. The Morgan fingerprint density at radius 2 is 1.80 bits per heavy atom. The summed E-state index contributed by atoms with van der Waals surface area (Å²) in [4.78, 5) is 27.8. The number of carbonyl (C=O) groups excluding carboxylic acids is 1. The van der Waals surface area contributed by atoms with Gasteiger partial charge in [0.05, 0.1) is 13.1 Å². The molecule has 10 nitrogen and oxygen atoms in total. The summed E-state index contributed by atoms with van der Waals surface area (Å²) in [6.45, 7) is 5.11. The van der Waals surface area contributed by atoms with Crippen LogP contribution in [0.1, 0.15) is 68.6 Å². The van der Waals surface area contributed by atoms with E-state index in [1.165, 1.54) is 45.3 Å². The second-order valence-corrected chi connectivity index (χ2v) is 9.27. The van der Waals surface area contributed by atoms with E-state index < -0.39 is 5.97 Å². The van der Waals surface area contributed by atoms with Crippen LogP contribution >= 0.6 is 0 Å². The highest BCUT2D eigenvalue weighted by Crippen LogP contribution is 2.25. The first-order valence-corrected chi connectivity index (χ1v) is 12.7. The van der Waals surface area contributed by atoms with Crippen LogP contribution in [0.2, 0.25) is 0 Å². The number of ether oxygens (including phenoxy) is 1. The summed E-state index contributed by atoms with van der Waals surface area (Å²) < 4.78 is 5.13. The second-order valence-electron chi connectivity index (χ2n) is 9.27. The van der Waals surface area contributed by atoms with Gasteiger partial charge in [-0.3, -0.25) is 4.90 Å². The first kappa shape index (κ1) is 25.0. The van der Waals surface area contributed by atoms with E-state index >= 15 is 0 Å². The molecular weight excluding hydrogens is 446 g/mol. The fourth-order valence-electron chi connectivity index (χ4n) is 5.01. The van der Waals surface area contributed by atoms with E-state index in [1.54, 1.807) is 12.1 Å². The maximum atomic E-state index is 11.5. The maximum absolute atomic E-state index is 11.5. The van der Waals surface area contributed by atoms with Gasteiger partial charge in [0.1, 0.15) is 5.75 Å². The summed E-state index contributed by atoms with van der Waals surface area (Å²) in [6, 6.07) is 5.55. The molecule has 1 aliphatic carbocycles. The minimum atomic E-state index is -1.31. The Kier molecular flexibility index (Phi) is 8.57. The minimum Gasteiger partial charge on any atom is -0.545 e. The largest absolute Gasteiger partial charge is 0.545 e. The van der Waals surface area contributed by atoms with Crippen molar-refractivity contribution < 1.29 is 14.6 Å². The van der Waals surface area contributed by atoms with Crippen LogP contribution < -0.4 is 25.8 Å². The van der Waals surface area contributed by atoms with Gasteiger partial charge in [0, 0.05) is 29.9 Å². The van der Waals surface area contributed by atoms with Crippen molar-refractivity contribution in [1.29, 1.82) is 0 Å². The van der Waals surface area contributed by atoms with E-state index in [0.717, 1.165) is 38.9 Å². The number of nitrogens with one attached hydrogen (secondary N) is 3. The Labute approximate surface area is 206 Å².